The zero-order valence-corrected chi connectivity index (χ0v) is 7.68. The highest BCUT2D eigenvalue weighted by molar-refractivity contribution is 5.94. The molecule has 0 unspecified atom stereocenters. The van der Waals surface area contributed by atoms with Crippen molar-refractivity contribution in [1.82, 2.24) is 0 Å². The van der Waals surface area contributed by atoms with E-state index in [4.69, 9.17) is 5.73 Å². The Balaban J connectivity index is 2.76. The first-order valence-corrected chi connectivity index (χ1v) is 4.34. The van der Waals surface area contributed by atoms with Crippen molar-refractivity contribution in [2.24, 2.45) is 0 Å². The van der Waals surface area contributed by atoms with Gasteiger partial charge in [-0.3, -0.25) is 0 Å². The van der Waals surface area contributed by atoms with E-state index in [1.165, 1.54) is 6.07 Å². The molecule has 0 radical (unpaired) electrons. The summed E-state index contributed by atoms with van der Waals surface area (Å²) in [5, 5.41) is 1.15. The zero-order chi connectivity index (χ0) is 11.1. The minimum Gasteiger partial charge on any atom is -0.398 e. The lowest BCUT2D eigenvalue weighted by Crippen LogP contribution is -2.08. The summed E-state index contributed by atoms with van der Waals surface area (Å²) in [6.07, 6.45) is -4.39. The normalized spacial score (nSPS) is 11.9. The summed E-state index contributed by atoms with van der Waals surface area (Å²) >= 11 is 0. The third kappa shape index (κ3) is 1.63. The molecule has 0 atom stereocenters. The largest absolute Gasteiger partial charge is 0.418 e. The average molecular weight is 211 g/mol. The Bertz CT molecular complexity index is 503. The molecular weight excluding hydrogens is 203 g/mol. The molecule has 0 saturated heterocycles. The zero-order valence-electron chi connectivity index (χ0n) is 7.68. The van der Waals surface area contributed by atoms with Gasteiger partial charge < -0.3 is 5.73 Å². The molecule has 0 bridgehead atoms. The SMILES string of the molecule is Nc1c(C(F)(F)F)ccc2ccccc12. The van der Waals surface area contributed by atoms with Crippen LogP contribution in [0.15, 0.2) is 36.4 Å². The van der Waals surface area contributed by atoms with Gasteiger partial charge in [-0.15, -0.1) is 0 Å². The summed E-state index contributed by atoms with van der Waals surface area (Å²) in [6, 6.07) is 9.17. The van der Waals surface area contributed by atoms with Crippen LogP contribution in [0.1, 0.15) is 5.56 Å². The maximum absolute atomic E-state index is 12.5. The second-order valence-corrected chi connectivity index (χ2v) is 3.25. The fourth-order valence-electron chi connectivity index (χ4n) is 1.54. The van der Waals surface area contributed by atoms with Crippen molar-refractivity contribution in [2.75, 3.05) is 5.73 Å². The van der Waals surface area contributed by atoms with Gasteiger partial charge in [0.1, 0.15) is 0 Å². The molecule has 2 N–H and O–H groups in total. The van der Waals surface area contributed by atoms with Crippen molar-refractivity contribution in [1.29, 1.82) is 0 Å². The Morgan fingerprint density at radius 3 is 2.27 bits per heavy atom. The van der Waals surface area contributed by atoms with E-state index < -0.39 is 11.7 Å². The molecule has 0 amide bonds. The molecule has 0 aliphatic carbocycles. The lowest BCUT2D eigenvalue weighted by molar-refractivity contribution is -0.136. The van der Waals surface area contributed by atoms with Crippen LogP contribution in [0, 0.1) is 0 Å². The van der Waals surface area contributed by atoms with E-state index in [9.17, 15) is 13.2 Å². The van der Waals surface area contributed by atoms with E-state index in [-0.39, 0.29) is 5.69 Å². The van der Waals surface area contributed by atoms with Crippen LogP contribution < -0.4 is 5.73 Å². The number of benzene rings is 2. The van der Waals surface area contributed by atoms with Gasteiger partial charge in [0.25, 0.3) is 0 Å². The van der Waals surface area contributed by atoms with Crippen LogP contribution in [-0.2, 0) is 6.18 Å². The molecule has 78 valence electrons. The number of hydrogen-bond acceptors (Lipinski definition) is 1. The van der Waals surface area contributed by atoms with Gasteiger partial charge >= 0.3 is 6.18 Å². The van der Waals surface area contributed by atoms with Crippen LogP contribution in [0.3, 0.4) is 0 Å². The summed E-state index contributed by atoms with van der Waals surface area (Å²) in [4.78, 5) is 0. The van der Waals surface area contributed by atoms with Crippen LogP contribution in [0.4, 0.5) is 18.9 Å². The topological polar surface area (TPSA) is 26.0 Å². The number of fused-ring (bicyclic) bond motifs is 1. The Morgan fingerprint density at radius 2 is 1.60 bits per heavy atom. The van der Waals surface area contributed by atoms with Crippen LogP contribution in [0.2, 0.25) is 0 Å². The molecule has 0 fully saturated rings. The van der Waals surface area contributed by atoms with E-state index in [0.717, 1.165) is 6.07 Å². The molecular formula is C11H8F3N. The quantitative estimate of drug-likeness (QED) is 0.663. The monoisotopic (exact) mass is 211 g/mol. The van der Waals surface area contributed by atoms with Gasteiger partial charge in [0.15, 0.2) is 0 Å². The third-order valence-electron chi connectivity index (χ3n) is 2.28. The van der Waals surface area contributed by atoms with E-state index >= 15 is 0 Å². The molecule has 1 nitrogen and oxygen atoms in total. The smallest absolute Gasteiger partial charge is 0.398 e. The second kappa shape index (κ2) is 3.15. The predicted octanol–water partition coefficient (Wildman–Crippen LogP) is 3.44. The second-order valence-electron chi connectivity index (χ2n) is 3.25. The number of rotatable bonds is 0. The number of alkyl halides is 3. The highest BCUT2D eigenvalue weighted by Crippen LogP contribution is 2.36. The van der Waals surface area contributed by atoms with Crippen molar-refractivity contribution >= 4 is 16.5 Å². The predicted molar refractivity (Wildman–Crippen MR) is 53.4 cm³/mol. The van der Waals surface area contributed by atoms with Gasteiger partial charge in [0.05, 0.1) is 11.3 Å². The van der Waals surface area contributed by atoms with Crippen molar-refractivity contribution < 1.29 is 13.2 Å². The highest BCUT2D eigenvalue weighted by Gasteiger charge is 2.33. The molecule has 2 aromatic rings. The van der Waals surface area contributed by atoms with Gasteiger partial charge in [0, 0.05) is 5.39 Å². The van der Waals surface area contributed by atoms with Crippen molar-refractivity contribution in [3.8, 4) is 0 Å². The van der Waals surface area contributed by atoms with E-state index in [1.54, 1.807) is 24.3 Å². The Hall–Kier alpha value is -1.71. The van der Waals surface area contributed by atoms with Crippen molar-refractivity contribution in [3.05, 3.63) is 42.0 Å². The lowest BCUT2D eigenvalue weighted by Gasteiger charge is -2.11. The van der Waals surface area contributed by atoms with E-state index in [1.807, 2.05) is 0 Å². The fourth-order valence-corrected chi connectivity index (χ4v) is 1.54. The number of nitrogen functional groups attached to an aromatic ring is 1. The third-order valence-corrected chi connectivity index (χ3v) is 2.28. The fraction of sp³-hybridized carbons (Fsp3) is 0.0909. The van der Waals surface area contributed by atoms with Crippen LogP contribution in [0.5, 0.6) is 0 Å². The first-order chi connectivity index (χ1) is 7.00. The average Bonchev–Trinajstić information content (AvgIpc) is 2.16. The summed E-state index contributed by atoms with van der Waals surface area (Å²) in [5.41, 5.74) is 4.50. The lowest BCUT2D eigenvalue weighted by atomic mass is 10.0. The maximum atomic E-state index is 12.5. The van der Waals surface area contributed by atoms with Crippen LogP contribution in [-0.4, -0.2) is 0 Å². The van der Waals surface area contributed by atoms with E-state index in [0.29, 0.717) is 10.8 Å². The summed E-state index contributed by atoms with van der Waals surface area (Å²) in [7, 11) is 0. The van der Waals surface area contributed by atoms with Crippen LogP contribution in [0.25, 0.3) is 10.8 Å². The standard InChI is InChI=1S/C11H8F3N/c12-11(13,14)9-6-5-7-3-1-2-4-8(7)10(9)15/h1-6H,15H2. The van der Waals surface area contributed by atoms with Crippen molar-refractivity contribution in [2.45, 2.75) is 6.18 Å². The number of anilines is 1. The molecule has 0 heterocycles. The number of hydrogen-bond donors (Lipinski definition) is 1. The van der Waals surface area contributed by atoms with Crippen LogP contribution >= 0.6 is 0 Å². The Kier molecular flexibility index (Phi) is 2.07. The molecule has 0 aromatic heterocycles. The molecule has 4 heteroatoms. The van der Waals surface area contributed by atoms with Gasteiger partial charge in [0.2, 0.25) is 0 Å². The minimum atomic E-state index is -4.39. The number of nitrogens with two attached hydrogens (primary N) is 1. The Morgan fingerprint density at radius 1 is 0.933 bits per heavy atom. The first-order valence-electron chi connectivity index (χ1n) is 4.34. The number of halogens is 3. The minimum absolute atomic E-state index is 0.208. The summed E-state index contributed by atoms with van der Waals surface area (Å²) in [5.74, 6) is 0. The molecule has 0 aliphatic heterocycles. The molecule has 0 spiro atoms. The molecule has 2 rings (SSSR count). The molecule has 15 heavy (non-hydrogen) atoms. The Labute approximate surface area is 84.3 Å². The van der Waals surface area contributed by atoms with Gasteiger partial charge in [-0.25, -0.2) is 0 Å². The summed E-state index contributed by atoms with van der Waals surface area (Å²) < 4.78 is 37.5. The molecule has 2 aromatic carbocycles. The molecule has 0 saturated carbocycles. The first kappa shape index (κ1) is 9.83. The van der Waals surface area contributed by atoms with Gasteiger partial charge in [-0.2, -0.15) is 13.2 Å². The van der Waals surface area contributed by atoms with Crippen molar-refractivity contribution in [3.63, 3.8) is 0 Å². The van der Waals surface area contributed by atoms with E-state index in [2.05, 4.69) is 0 Å². The molecule has 0 aliphatic rings. The maximum Gasteiger partial charge on any atom is 0.418 e. The highest BCUT2D eigenvalue weighted by atomic mass is 19.4. The van der Waals surface area contributed by atoms with Gasteiger partial charge in [-0.05, 0) is 11.5 Å². The van der Waals surface area contributed by atoms with Gasteiger partial charge in [-0.1, -0.05) is 30.3 Å². The summed E-state index contributed by atoms with van der Waals surface area (Å²) in [6.45, 7) is 0.